The van der Waals surface area contributed by atoms with E-state index >= 15 is 0 Å². The van der Waals surface area contributed by atoms with Gasteiger partial charge in [0.25, 0.3) is 0 Å². The Kier molecular flexibility index (Phi) is 5.61. The van der Waals surface area contributed by atoms with Crippen molar-refractivity contribution >= 4 is 5.97 Å². The highest BCUT2D eigenvalue weighted by atomic mass is 16.7. The van der Waals surface area contributed by atoms with Gasteiger partial charge in [0.05, 0.1) is 6.04 Å². The van der Waals surface area contributed by atoms with Crippen LogP contribution in [0.4, 0.5) is 0 Å². The maximum atomic E-state index is 10.2. The number of carbonyl (C=O) groups is 1. The van der Waals surface area contributed by atoms with Crippen LogP contribution in [-0.4, -0.2) is 37.6 Å². The van der Waals surface area contributed by atoms with Gasteiger partial charge in [-0.1, -0.05) is 0 Å². The van der Waals surface area contributed by atoms with Crippen LogP contribution in [0.2, 0.25) is 0 Å². The summed E-state index contributed by atoms with van der Waals surface area (Å²) in [7, 11) is 2.93. The lowest BCUT2D eigenvalue weighted by Gasteiger charge is -2.19. The van der Waals surface area contributed by atoms with Crippen LogP contribution in [0.25, 0.3) is 0 Å². The Morgan fingerprint density at radius 3 is 2.33 bits per heavy atom. The first-order valence-corrected chi connectivity index (χ1v) is 3.64. The van der Waals surface area contributed by atoms with Crippen LogP contribution in [0.5, 0.6) is 0 Å². The first kappa shape index (κ1) is 11.4. The fraction of sp³-hybridized carbons (Fsp3) is 0.857. The third kappa shape index (κ3) is 4.27. The molecule has 5 nitrogen and oxygen atoms in total. The molecule has 3 N–H and O–H groups in total. The topological polar surface area (TPSA) is 81.8 Å². The SMILES string of the molecule is COC(OC)C(N)CCC(=O)O. The summed E-state index contributed by atoms with van der Waals surface area (Å²) >= 11 is 0. The van der Waals surface area contributed by atoms with Crippen molar-refractivity contribution in [3.8, 4) is 0 Å². The monoisotopic (exact) mass is 177 g/mol. The van der Waals surface area contributed by atoms with Gasteiger partial charge in [-0.2, -0.15) is 0 Å². The number of aliphatic carboxylic acids is 1. The molecule has 1 unspecified atom stereocenters. The van der Waals surface area contributed by atoms with E-state index in [1.54, 1.807) is 0 Å². The minimum Gasteiger partial charge on any atom is -0.481 e. The number of carboxylic acids is 1. The van der Waals surface area contributed by atoms with Gasteiger partial charge in [0.15, 0.2) is 6.29 Å². The normalized spacial score (nSPS) is 13.3. The van der Waals surface area contributed by atoms with E-state index < -0.39 is 18.3 Å². The Hall–Kier alpha value is -0.650. The van der Waals surface area contributed by atoms with Gasteiger partial charge < -0.3 is 20.3 Å². The number of rotatable bonds is 6. The third-order valence-corrected chi connectivity index (χ3v) is 1.51. The van der Waals surface area contributed by atoms with Crippen molar-refractivity contribution in [2.75, 3.05) is 14.2 Å². The van der Waals surface area contributed by atoms with Crippen LogP contribution in [-0.2, 0) is 14.3 Å². The molecule has 0 spiro atoms. The van der Waals surface area contributed by atoms with Crippen LogP contribution >= 0.6 is 0 Å². The number of hydrogen-bond donors (Lipinski definition) is 2. The average molecular weight is 177 g/mol. The Morgan fingerprint density at radius 1 is 1.50 bits per heavy atom. The van der Waals surface area contributed by atoms with Gasteiger partial charge in [0.1, 0.15) is 0 Å². The number of nitrogens with two attached hydrogens (primary N) is 1. The summed E-state index contributed by atoms with van der Waals surface area (Å²) in [6.07, 6.45) is -0.143. The minimum atomic E-state index is -0.864. The summed E-state index contributed by atoms with van der Waals surface area (Å²) in [6, 6.07) is -0.393. The second-order valence-electron chi connectivity index (χ2n) is 2.44. The molecule has 0 heterocycles. The average Bonchev–Trinajstić information content (AvgIpc) is 2.03. The van der Waals surface area contributed by atoms with Crippen molar-refractivity contribution in [2.45, 2.75) is 25.2 Å². The molecule has 0 aromatic carbocycles. The molecule has 0 aliphatic rings. The molecule has 0 fully saturated rings. The largest absolute Gasteiger partial charge is 0.481 e. The van der Waals surface area contributed by atoms with E-state index in [9.17, 15) is 4.79 Å². The lowest BCUT2D eigenvalue weighted by Crippen LogP contribution is -2.37. The van der Waals surface area contributed by atoms with Gasteiger partial charge >= 0.3 is 5.97 Å². The fourth-order valence-electron chi connectivity index (χ4n) is 0.872. The van der Waals surface area contributed by atoms with Crippen LogP contribution < -0.4 is 5.73 Å². The highest BCUT2D eigenvalue weighted by molar-refractivity contribution is 5.66. The molecule has 0 aromatic heterocycles. The van der Waals surface area contributed by atoms with Crippen molar-refractivity contribution in [1.29, 1.82) is 0 Å². The van der Waals surface area contributed by atoms with Crippen molar-refractivity contribution in [3.05, 3.63) is 0 Å². The summed E-state index contributed by atoms with van der Waals surface area (Å²) in [5.41, 5.74) is 5.57. The van der Waals surface area contributed by atoms with E-state index in [1.165, 1.54) is 14.2 Å². The minimum absolute atomic E-state index is 0.0321. The zero-order valence-electron chi connectivity index (χ0n) is 7.32. The zero-order chi connectivity index (χ0) is 9.56. The predicted octanol–water partition coefficient (Wildman–Crippen LogP) is -0.203. The Bertz CT molecular complexity index is 135. The summed E-state index contributed by atoms with van der Waals surface area (Å²) < 4.78 is 9.71. The van der Waals surface area contributed by atoms with E-state index in [1.807, 2.05) is 0 Å². The first-order chi connectivity index (χ1) is 5.61. The van der Waals surface area contributed by atoms with Crippen molar-refractivity contribution in [1.82, 2.24) is 0 Å². The Morgan fingerprint density at radius 2 is 2.00 bits per heavy atom. The molecule has 0 rings (SSSR count). The molecule has 0 saturated heterocycles. The van der Waals surface area contributed by atoms with Crippen molar-refractivity contribution < 1.29 is 19.4 Å². The van der Waals surface area contributed by atoms with E-state index in [-0.39, 0.29) is 6.42 Å². The van der Waals surface area contributed by atoms with Crippen molar-refractivity contribution in [3.63, 3.8) is 0 Å². The second-order valence-corrected chi connectivity index (χ2v) is 2.44. The molecule has 1 atom stereocenters. The molecule has 5 heteroatoms. The third-order valence-electron chi connectivity index (χ3n) is 1.51. The summed E-state index contributed by atoms with van der Waals surface area (Å²) in [4.78, 5) is 10.2. The lowest BCUT2D eigenvalue weighted by molar-refractivity contribution is -0.139. The quantitative estimate of drug-likeness (QED) is 0.549. The number of methoxy groups -OCH3 is 2. The van der Waals surface area contributed by atoms with Crippen LogP contribution in [0.1, 0.15) is 12.8 Å². The van der Waals surface area contributed by atoms with Gasteiger partial charge in [-0.05, 0) is 6.42 Å². The first-order valence-electron chi connectivity index (χ1n) is 3.64. The number of ether oxygens (including phenoxy) is 2. The van der Waals surface area contributed by atoms with Gasteiger partial charge in [-0.3, -0.25) is 4.79 Å². The van der Waals surface area contributed by atoms with Crippen molar-refractivity contribution in [2.24, 2.45) is 5.73 Å². The van der Waals surface area contributed by atoms with E-state index in [0.717, 1.165) is 0 Å². The molecule has 0 aliphatic heterocycles. The molecule has 0 amide bonds. The molecule has 72 valence electrons. The molecule has 0 aliphatic carbocycles. The highest BCUT2D eigenvalue weighted by Crippen LogP contribution is 2.03. The standard InChI is InChI=1S/C7H15NO4/c1-11-7(12-2)5(8)3-4-6(9)10/h5,7H,3-4,8H2,1-2H3,(H,9,10). The molecule has 12 heavy (non-hydrogen) atoms. The second kappa shape index (κ2) is 5.93. The van der Waals surface area contributed by atoms with Gasteiger partial charge in [-0.15, -0.1) is 0 Å². The van der Waals surface area contributed by atoms with E-state index in [4.69, 9.17) is 20.3 Å². The van der Waals surface area contributed by atoms with Gasteiger partial charge in [0, 0.05) is 20.6 Å². The Labute approximate surface area is 71.5 Å². The fourth-order valence-corrected chi connectivity index (χ4v) is 0.872. The number of carboxylic acid groups (broad SMARTS) is 1. The zero-order valence-corrected chi connectivity index (χ0v) is 7.32. The lowest BCUT2D eigenvalue weighted by atomic mass is 10.1. The summed E-state index contributed by atoms with van der Waals surface area (Å²) in [5, 5.41) is 8.35. The molecule has 0 bridgehead atoms. The van der Waals surface area contributed by atoms with Crippen LogP contribution in [0, 0.1) is 0 Å². The number of hydrogen-bond acceptors (Lipinski definition) is 4. The predicted molar refractivity (Wildman–Crippen MR) is 42.7 cm³/mol. The smallest absolute Gasteiger partial charge is 0.303 e. The van der Waals surface area contributed by atoms with Gasteiger partial charge in [0.2, 0.25) is 0 Å². The molecule has 0 radical (unpaired) electrons. The maximum absolute atomic E-state index is 10.2. The van der Waals surface area contributed by atoms with E-state index in [2.05, 4.69) is 0 Å². The Balaban J connectivity index is 3.68. The summed E-state index contributed by atoms with van der Waals surface area (Å²) in [6.45, 7) is 0. The van der Waals surface area contributed by atoms with Gasteiger partial charge in [-0.25, -0.2) is 0 Å². The van der Waals surface area contributed by atoms with Crippen LogP contribution in [0.15, 0.2) is 0 Å². The molecule has 0 aromatic rings. The highest BCUT2D eigenvalue weighted by Gasteiger charge is 2.16. The van der Waals surface area contributed by atoms with E-state index in [0.29, 0.717) is 6.42 Å². The molecular formula is C7H15NO4. The summed E-state index contributed by atoms with van der Waals surface area (Å²) in [5.74, 6) is -0.864. The molecular weight excluding hydrogens is 162 g/mol. The van der Waals surface area contributed by atoms with Crippen LogP contribution in [0.3, 0.4) is 0 Å². The maximum Gasteiger partial charge on any atom is 0.303 e. The molecule has 0 saturated carbocycles.